The molecule has 2 aliphatic heterocycles. The summed E-state index contributed by atoms with van der Waals surface area (Å²) in [6.45, 7) is 3.84. The first kappa shape index (κ1) is 26.1. The van der Waals surface area contributed by atoms with Crippen LogP contribution in [0.5, 0.6) is 5.88 Å². The van der Waals surface area contributed by atoms with Crippen LogP contribution in [-0.4, -0.2) is 67.4 Å². The topological polar surface area (TPSA) is 103 Å². The Kier molecular flexibility index (Phi) is 7.14. The van der Waals surface area contributed by atoms with E-state index in [1.807, 2.05) is 16.7 Å². The maximum absolute atomic E-state index is 11.5. The number of imidazole rings is 1. The van der Waals surface area contributed by atoms with Gasteiger partial charge in [-0.05, 0) is 67.3 Å². The van der Waals surface area contributed by atoms with E-state index in [0.29, 0.717) is 30.1 Å². The number of aromatic nitrogens is 4. The molecule has 5 heterocycles. The molecule has 3 aromatic heterocycles. The summed E-state index contributed by atoms with van der Waals surface area (Å²) in [5, 5.41) is 9.44. The summed E-state index contributed by atoms with van der Waals surface area (Å²) in [7, 11) is 0. The van der Waals surface area contributed by atoms with Crippen molar-refractivity contribution in [1.82, 2.24) is 24.4 Å². The third-order valence-electron chi connectivity index (χ3n) is 8.45. The molecule has 2 saturated heterocycles. The Hall–Kier alpha value is -3.82. The monoisotopic (exact) mass is 553 g/mol. The average molecular weight is 554 g/mol. The summed E-state index contributed by atoms with van der Waals surface area (Å²) in [6, 6.07) is 18.3. The van der Waals surface area contributed by atoms with Gasteiger partial charge in [-0.15, -0.1) is 0 Å². The molecule has 1 unspecified atom stereocenters. The molecule has 0 bridgehead atoms. The smallest absolute Gasteiger partial charge is 0.354 e. The molecule has 3 aliphatic rings. The molecule has 3 fully saturated rings. The first-order chi connectivity index (χ1) is 20.1. The lowest BCUT2D eigenvalue weighted by molar-refractivity contribution is -0.0593. The van der Waals surface area contributed by atoms with Crippen LogP contribution >= 0.6 is 0 Å². The van der Waals surface area contributed by atoms with Crippen LogP contribution in [-0.2, 0) is 24.2 Å². The van der Waals surface area contributed by atoms with Crippen LogP contribution in [0.3, 0.4) is 0 Å². The van der Waals surface area contributed by atoms with E-state index in [9.17, 15) is 9.90 Å². The number of carbonyl (C=O) groups is 1. The Bertz CT molecular complexity index is 1540. The number of piperidine rings is 1. The second kappa shape index (κ2) is 11.2. The number of fused-ring (bicyclic) bond motifs is 1. The number of hydrogen-bond acceptors (Lipinski definition) is 7. The van der Waals surface area contributed by atoms with E-state index in [0.717, 1.165) is 62.8 Å². The summed E-state index contributed by atoms with van der Waals surface area (Å²) < 4.78 is 14.1. The quantitative estimate of drug-likeness (QED) is 0.298. The van der Waals surface area contributed by atoms with Gasteiger partial charge in [0.15, 0.2) is 11.3 Å². The fourth-order valence-corrected chi connectivity index (χ4v) is 5.82. The molecule has 1 aromatic carbocycles. The molecular weight excluding hydrogens is 518 g/mol. The SMILES string of the molecule is O=C(O)c1ccc2nc(CN3CCC(Oc4cccc(Cc5ccc(C6CC6)cc5)n4)CC3)n(CC3CCO3)c2n1. The van der Waals surface area contributed by atoms with E-state index >= 15 is 0 Å². The molecule has 7 rings (SSSR count). The van der Waals surface area contributed by atoms with Crippen molar-refractivity contribution in [2.75, 3.05) is 19.7 Å². The van der Waals surface area contributed by atoms with Crippen molar-refractivity contribution < 1.29 is 19.4 Å². The van der Waals surface area contributed by atoms with Gasteiger partial charge in [-0.1, -0.05) is 30.3 Å². The number of aromatic carboxylic acids is 1. The van der Waals surface area contributed by atoms with Gasteiger partial charge < -0.3 is 19.1 Å². The summed E-state index contributed by atoms with van der Waals surface area (Å²) >= 11 is 0. The predicted molar refractivity (Wildman–Crippen MR) is 153 cm³/mol. The van der Waals surface area contributed by atoms with Crippen molar-refractivity contribution in [2.24, 2.45) is 0 Å². The van der Waals surface area contributed by atoms with Crippen molar-refractivity contribution in [1.29, 1.82) is 0 Å². The fraction of sp³-hybridized carbons (Fsp3) is 0.438. The number of likely N-dealkylation sites (tertiary alicyclic amines) is 1. The minimum atomic E-state index is -1.04. The largest absolute Gasteiger partial charge is 0.477 e. The fourth-order valence-electron chi connectivity index (χ4n) is 5.82. The molecule has 0 spiro atoms. The highest BCUT2D eigenvalue weighted by molar-refractivity contribution is 5.88. The van der Waals surface area contributed by atoms with Crippen LogP contribution in [0.15, 0.2) is 54.6 Å². The Balaban J connectivity index is 0.972. The zero-order valence-electron chi connectivity index (χ0n) is 23.1. The van der Waals surface area contributed by atoms with Gasteiger partial charge in [0.1, 0.15) is 17.4 Å². The van der Waals surface area contributed by atoms with Gasteiger partial charge >= 0.3 is 5.97 Å². The van der Waals surface area contributed by atoms with Crippen molar-refractivity contribution in [3.05, 3.63) is 82.9 Å². The molecule has 1 atom stereocenters. The maximum atomic E-state index is 11.5. The highest BCUT2D eigenvalue weighted by Gasteiger charge is 2.26. The summed E-state index contributed by atoms with van der Waals surface area (Å²) in [6.07, 6.45) is 6.48. The zero-order chi connectivity index (χ0) is 27.8. The number of nitrogens with zero attached hydrogens (tertiary/aromatic N) is 5. The molecule has 9 nitrogen and oxygen atoms in total. The van der Waals surface area contributed by atoms with Gasteiger partial charge in [0.2, 0.25) is 5.88 Å². The van der Waals surface area contributed by atoms with Crippen molar-refractivity contribution >= 4 is 17.1 Å². The lowest BCUT2D eigenvalue weighted by Gasteiger charge is -2.32. The van der Waals surface area contributed by atoms with E-state index < -0.39 is 5.97 Å². The van der Waals surface area contributed by atoms with E-state index in [1.165, 1.54) is 30.0 Å². The van der Waals surface area contributed by atoms with Crippen LogP contribution < -0.4 is 4.74 Å². The Morgan fingerprint density at radius 2 is 1.76 bits per heavy atom. The van der Waals surface area contributed by atoms with Gasteiger partial charge in [0.05, 0.1) is 19.2 Å². The minimum Gasteiger partial charge on any atom is -0.477 e. The Labute approximate surface area is 239 Å². The van der Waals surface area contributed by atoms with Crippen LogP contribution in [0.2, 0.25) is 0 Å². The number of carboxylic acid groups (broad SMARTS) is 1. The summed E-state index contributed by atoms with van der Waals surface area (Å²) in [5.41, 5.74) is 5.11. The van der Waals surface area contributed by atoms with Crippen LogP contribution in [0.4, 0.5) is 0 Å². The number of pyridine rings is 2. The molecule has 212 valence electrons. The summed E-state index contributed by atoms with van der Waals surface area (Å²) in [5.74, 6) is 1.32. The standard InChI is InChI=1S/C32H35N5O4/c38-32(39)28-11-10-27-31(35-28)37(19-26-14-17-40-26)29(34-27)20-36-15-12-25(13-16-36)41-30-3-1-2-24(33-30)18-21-4-6-22(7-5-21)23-8-9-23/h1-7,10-11,23,25-26H,8-9,12-20H2,(H,38,39). The number of rotatable bonds is 10. The van der Waals surface area contributed by atoms with E-state index in [4.69, 9.17) is 19.4 Å². The number of ether oxygens (including phenoxy) is 2. The van der Waals surface area contributed by atoms with Crippen molar-refractivity contribution in [2.45, 2.75) is 69.7 Å². The molecular formula is C32H35N5O4. The molecule has 4 aromatic rings. The lowest BCUT2D eigenvalue weighted by atomic mass is 10.0. The van der Waals surface area contributed by atoms with E-state index in [2.05, 4.69) is 40.2 Å². The first-order valence-electron chi connectivity index (χ1n) is 14.7. The van der Waals surface area contributed by atoms with E-state index in [-0.39, 0.29) is 17.9 Å². The predicted octanol–water partition coefficient (Wildman–Crippen LogP) is 4.83. The minimum absolute atomic E-state index is 0.0295. The molecule has 1 N–H and O–H groups in total. The highest BCUT2D eigenvalue weighted by Crippen LogP contribution is 2.40. The zero-order valence-corrected chi connectivity index (χ0v) is 23.1. The molecule has 1 aliphatic carbocycles. The van der Waals surface area contributed by atoms with Crippen LogP contribution in [0, 0.1) is 0 Å². The van der Waals surface area contributed by atoms with Gasteiger partial charge in [-0.25, -0.2) is 19.7 Å². The number of carboxylic acids is 1. The second-order valence-corrected chi connectivity index (χ2v) is 11.5. The average Bonchev–Trinajstić information content (AvgIpc) is 3.75. The number of benzene rings is 1. The Morgan fingerprint density at radius 3 is 2.46 bits per heavy atom. The van der Waals surface area contributed by atoms with Gasteiger partial charge in [0.25, 0.3) is 0 Å². The van der Waals surface area contributed by atoms with Crippen molar-refractivity contribution in [3.8, 4) is 5.88 Å². The molecule has 41 heavy (non-hydrogen) atoms. The third kappa shape index (κ3) is 5.96. The molecule has 0 amide bonds. The van der Waals surface area contributed by atoms with Gasteiger partial charge in [-0.3, -0.25) is 4.90 Å². The maximum Gasteiger partial charge on any atom is 0.354 e. The molecule has 9 heteroatoms. The lowest BCUT2D eigenvalue weighted by Crippen LogP contribution is -2.39. The second-order valence-electron chi connectivity index (χ2n) is 11.5. The third-order valence-corrected chi connectivity index (χ3v) is 8.45. The van der Waals surface area contributed by atoms with Gasteiger partial charge in [-0.2, -0.15) is 0 Å². The normalized spacial score (nSPS) is 19.8. The van der Waals surface area contributed by atoms with E-state index in [1.54, 1.807) is 6.07 Å². The molecule has 1 saturated carbocycles. The van der Waals surface area contributed by atoms with Gasteiger partial charge in [0, 0.05) is 37.9 Å². The van der Waals surface area contributed by atoms with Crippen LogP contribution in [0.25, 0.3) is 11.2 Å². The van der Waals surface area contributed by atoms with Crippen molar-refractivity contribution in [3.63, 3.8) is 0 Å². The number of hydrogen-bond donors (Lipinski definition) is 1. The first-order valence-corrected chi connectivity index (χ1v) is 14.7. The summed E-state index contributed by atoms with van der Waals surface area (Å²) in [4.78, 5) is 28.0. The highest BCUT2D eigenvalue weighted by atomic mass is 16.5. The Morgan fingerprint density at radius 1 is 0.951 bits per heavy atom. The van der Waals surface area contributed by atoms with Crippen LogP contribution in [0.1, 0.15) is 71.2 Å². The molecule has 0 radical (unpaired) electrons.